The maximum absolute atomic E-state index is 13.9. The third-order valence-electron chi connectivity index (χ3n) is 4.28. The van der Waals surface area contributed by atoms with Crippen LogP contribution in [0.5, 0.6) is 0 Å². The summed E-state index contributed by atoms with van der Waals surface area (Å²) in [7, 11) is 1.53. The fraction of sp³-hybridized carbons (Fsp3) is 0.238. The van der Waals surface area contributed by atoms with Crippen molar-refractivity contribution in [1.29, 1.82) is 0 Å². The molecule has 0 spiro atoms. The first-order chi connectivity index (χ1) is 15.1. The topological polar surface area (TPSA) is 96.4 Å². The number of methoxy groups -OCH3 is 1. The SMILES string of the molecule is COCCN(Cc1nc(C(=O)NCc2ccncc2)cs1)C(=O)Nc1ccccc1F. The molecule has 0 unspecified atom stereocenters. The number of aromatic nitrogens is 2. The summed E-state index contributed by atoms with van der Waals surface area (Å²) >= 11 is 1.27. The van der Waals surface area contributed by atoms with E-state index in [1.807, 2.05) is 12.1 Å². The van der Waals surface area contributed by atoms with Gasteiger partial charge in [-0.25, -0.2) is 14.2 Å². The van der Waals surface area contributed by atoms with E-state index in [2.05, 4.69) is 20.6 Å². The molecule has 31 heavy (non-hydrogen) atoms. The number of carbonyl (C=O) groups is 2. The predicted octanol–water partition coefficient (Wildman–Crippen LogP) is 3.29. The van der Waals surface area contributed by atoms with E-state index in [0.717, 1.165) is 5.56 Å². The van der Waals surface area contributed by atoms with Gasteiger partial charge in [-0.3, -0.25) is 9.78 Å². The Morgan fingerprint density at radius 1 is 1.19 bits per heavy atom. The van der Waals surface area contributed by atoms with Crippen LogP contribution in [-0.4, -0.2) is 47.1 Å². The Balaban J connectivity index is 1.62. The van der Waals surface area contributed by atoms with Crippen LogP contribution in [-0.2, 0) is 17.8 Å². The molecule has 0 aliphatic rings. The van der Waals surface area contributed by atoms with E-state index in [4.69, 9.17) is 4.74 Å². The molecule has 0 aliphatic heterocycles. The van der Waals surface area contributed by atoms with Crippen molar-refractivity contribution in [2.75, 3.05) is 25.6 Å². The van der Waals surface area contributed by atoms with Gasteiger partial charge in [0.2, 0.25) is 0 Å². The number of hydrogen-bond donors (Lipinski definition) is 2. The highest BCUT2D eigenvalue weighted by Gasteiger charge is 2.18. The van der Waals surface area contributed by atoms with Gasteiger partial charge in [0, 0.05) is 38.0 Å². The number of ether oxygens (including phenoxy) is 1. The van der Waals surface area contributed by atoms with Crippen molar-refractivity contribution in [2.45, 2.75) is 13.1 Å². The van der Waals surface area contributed by atoms with Crippen molar-refractivity contribution in [1.82, 2.24) is 20.2 Å². The first-order valence-electron chi connectivity index (χ1n) is 9.47. The average Bonchev–Trinajstić information content (AvgIpc) is 3.26. The summed E-state index contributed by atoms with van der Waals surface area (Å²) in [6, 6.07) is 9.08. The van der Waals surface area contributed by atoms with Crippen LogP contribution in [0.1, 0.15) is 21.1 Å². The van der Waals surface area contributed by atoms with Crippen LogP contribution in [0.25, 0.3) is 0 Å². The van der Waals surface area contributed by atoms with Crippen LogP contribution in [0.3, 0.4) is 0 Å². The number of urea groups is 1. The lowest BCUT2D eigenvalue weighted by atomic mass is 10.2. The number of carbonyl (C=O) groups excluding carboxylic acids is 2. The van der Waals surface area contributed by atoms with Crippen molar-refractivity contribution in [2.24, 2.45) is 0 Å². The summed E-state index contributed by atoms with van der Waals surface area (Å²) in [6.07, 6.45) is 3.31. The zero-order valence-corrected chi connectivity index (χ0v) is 17.7. The van der Waals surface area contributed by atoms with Gasteiger partial charge in [0.15, 0.2) is 0 Å². The van der Waals surface area contributed by atoms with E-state index in [-0.39, 0.29) is 30.4 Å². The number of para-hydroxylation sites is 1. The lowest BCUT2D eigenvalue weighted by Gasteiger charge is -2.22. The van der Waals surface area contributed by atoms with E-state index in [1.54, 1.807) is 29.9 Å². The molecule has 0 saturated carbocycles. The fourth-order valence-corrected chi connectivity index (χ4v) is 3.42. The van der Waals surface area contributed by atoms with E-state index in [1.165, 1.54) is 35.5 Å². The van der Waals surface area contributed by atoms with Crippen molar-refractivity contribution < 1.29 is 18.7 Å². The summed E-state index contributed by atoms with van der Waals surface area (Å²) in [5, 5.41) is 7.57. The number of nitrogens with one attached hydrogen (secondary N) is 2. The van der Waals surface area contributed by atoms with Gasteiger partial charge in [0.25, 0.3) is 5.91 Å². The molecule has 10 heteroatoms. The van der Waals surface area contributed by atoms with Gasteiger partial charge in [-0.1, -0.05) is 12.1 Å². The minimum Gasteiger partial charge on any atom is -0.383 e. The zero-order chi connectivity index (χ0) is 22.1. The molecule has 3 amide bonds. The fourth-order valence-electron chi connectivity index (χ4n) is 2.64. The number of benzene rings is 1. The summed E-state index contributed by atoms with van der Waals surface area (Å²) in [4.78, 5) is 34.7. The highest BCUT2D eigenvalue weighted by molar-refractivity contribution is 7.09. The van der Waals surface area contributed by atoms with E-state index in [0.29, 0.717) is 18.2 Å². The Hall–Kier alpha value is -3.37. The van der Waals surface area contributed by atoms with Gasteiger partial charge < -0.3 is 20.3 Å². The molecular weight excluding hydrogens is 421 g/mol. The summed E-state index contributed by atoms with van der Waals surface area (Å²) in [5.41, 5.74) is 1.29. The van der Waals surface area contributed by atoms with Crippen molar-refractivity contribution in [3.05, 3.63) is 76.3 Å². The largest absolute Gasteiger partial charge is 0.383 e. The zero-order valence-electron chi connectivity index (χ0n) is 16.9. The number of hydrogen-bond acceptors (Lipinski definition) is 6. The van der Waals surface area contributed by atoms with Gasteiger partial charge in [0.1, 0.15) is 16.5 Å². The smallest absolute Gasteiger partial charge is 0.322 e. The Bertz CT molecular complexity index is 1020. The first-order valence-corrected chi connectivity index (χ1v) is 10.4. The van der Waals surface area contributed by atoms with Crippen molar-refractivity contribution >= 4 is 29.0 Å². The summed E-state index contributed by atoms with van der Waals surface area (Å²) in [6.45, 7) is 1.10. The number of pyridine rings is 1. The lowest BCUT2D eigenvalue weighted by Crippen LogP contribution is -2.37. The Kier molecular flexibility index (Phi) is 8.02. The number of amides is 3. The van der Waals surface area contributed by atoms with Gasteiger partial charge in [-0.2, -0.15) is 0 Å². The number of rotatable bonds is 9. The number of anilines is 1. The highest BCUT2D eigenvalue weighted by atomic mass is 32.1. The minimum atomic E-state index is -0.523. The monoisotopic (exact) mass is 443 g/mol. The Labute approximate surface area is 183 Å². The van der Waals surface area contributed by atoms with Crippen LogP contribution in [0.15, 0.2) is 54.2 Å². The third-order valence-corrected chi connectivity index (χ3v) is 5.11. The highest BCUT2D eigenvalue weighted by Crippen LogP contribution is 2.16. The molecule has 1 aromatic carbocycles. The van der Waals surface area contributed by atoms with E-state index < -0.39 is 11.8 Å². The molecule has 0 radical (unpaired) electrons. The molecule has 2 heterocycles. The molecule has 0 fully saturated rings. The lowest BCUT2D eigenvalue weighted by molar-refractivity contribution is 0.0946. The Morgan fingerprint density at radius 3 is 2.71 bits per heavy atom. The predicted molar refractivity (Wildman–Crippen MR) is 115 cm³/mol. The quantitative estimate of drug-likeness (QED) is 0.529. The van der Waals surface area contributed by atoms with Gasteiger partial charge in [0.05, 0.1) is 18.8 Å². The standard InChI is InChI=1S/C21H22FN5O3S/c1-30-11-10-27(21(29)26-17-5-3-2-4-16(17)22)13-19-25-18(14-31-19)20(28)24-12-15-6-8-23-9-7-15/h2-9,14H,10-13H2,1H3,(H,24,28)(H,26,29). The molecule has 0 saturated heterocycles. The first kappa shape index (κ1) is 22.3. The van der Waals surface area contributed by atoms with E-state index >= 15 is 0 Å². The van der Waals surface area contributed by atoms with Crippen LogP contribution >= 0.6 is 11.3 Å². The van der Waals surface area contributed by atoms with Gasteiger partial charge in [-0.15, -0.1) is 11.3 Å². The maximum Gasteiger partial charge on any atom is 0.322 e. The molecule has 0 aliphatic carbocycles. The van der Waals surface area contributed by atoms with Gasteiger partial charge in [-0.05, 0) is 29.8 Å². The Morgan fingerprint density at radius 2 is 1.97 bits per heavy atom. The van der Waals surface area contributed by atoms with Gasteiger partial charge >= 0.3 is 6.03 Å². The molecule has 3 aromatic rings. The molecule has 162 valence electrons. The molecule has 2 N–H and O–H groups in total. The number of halogens is 1. The second kappa shape index (κ2) is 11.1. The maximum atomic E-state index is 13.9. The molecule has 3 rings (SSSR count). The summed E-state index contributed by atoms with van der Waals surface area (Å²) < 4.78 is 18.9. The molecule has 0 atom stereocenters. The molecule has 0 bridgehead atoms. The van der Waals surface area contributed by atoms with Crippen LogP contribution in [0.4, 0.5) is 14.9 Å². The van der Waals surface area contributed by atoms with Crippen molar-refractivity contribution in [3.63, 3.8) is 0 Å². The second-order valence-electron chi connectivity index (χ2n) is 6.49. The average molecular weight is 444 g/mol. The second-order valence-corrected chi connectivity index (χ2v) is 7.43. The number of nitrogens with zero attached hydrogens (tertiary/aromatic N) is 3. The van der Waals surface area contributed by atoms with Crippen LogP contribution in [0, 0.1) is 5.82 Å². The molecule has 2 aromatic heterocycles. The molecular formula is C21H22FN5O3S. The number of thiazole rings is 1. The normalized spacial score (nSPS) is 10.5. The van der Waals surface area contributed by atoms with E-state index in [9.17, 15) is 14.0 Å². The minimum absolute atomic E-state index is 0.0882. The third kappa shape index (κ3) is 6.56. The van der Waals surface area contributed by atoms with Crippen molar-refractivity contribution in [3.8, 4) is 0 Å². The summed E-state index contributed by atoms with van der Waals surface area (Å²) in [5.74, 6) is -0.830. The van der Waals surface area contributed by atoms with Crippen LogP contribution < -0.4 is 10.6 Å². The molecule has 8 nitrogen and oxygen atoms in total. The van der Waals surface area contributed by atoms with Crippen LogP contribution in [0.2, 0.25) is 0 Å².